The Morgan fingerprint density at radius 1 is 1.04 bits per heavy atom. The molecule has 4 atom stereocenters. The van der Waals surface area contributed by atoms with Gasteiger partial charge in [0.1, 0.15) is 11.6 Å². The first kappa shape index (κ1) is 20.0. The third kappa shape index (κ3) is 4.38. The van der Waals surface area contributed by atoms with Crippen LogP contribution < -0.4 is 0 Å². The summed E-state index contributed by atoms with van der Waals surface area (Å²) in [7, 11) is 0. The lowest BCUT2D eigenvalue weighted by Crippen LogP contribution is -2.52. The largest absolute Gasteiger partial charge is 0.480 e. The molecule has 0 radical (unpaired) electrons. The zero-order valence-electron chi connectivity index (χ0n) is 16.6. The van der Waals surface area contributed by atoms with Crippen molar-refractivity contribution in [1.82, 2.24) is 9.80 Å². The highest BCUT2D eigenvalue weighted by Gasteiger charge is 2.49. The lowest BCUT2D eigenvalue weighted by atomic mass is 9.84. The van der Waals surface area contributed by atoms with Crippen LogP contribution in [-0.2, 0) is 14.3 Å². The number of likely N-dealkylation sites (tertiary alicyclic amines) is 2. The van der Waals surface area contributed by atoms with E-state index in [9.17, 15) is 19.5 Å². The Balaban J connectivity index is 1.71. The van der Waals surface area contributed by atoms with Crippen LogP contribution in [0.25, 0.3) is 0 Å². The van der Waals surface area contributed by atoms with Crippen LogP contribution in [-0.4, -0.2) is 63.7 Å². The molecule has 7 heteroatoms. The van der Waals surface area contributed by atoms with E-state index < -0.39 is 23.7 Å². The summed E-state index contributed by atoms with van der Waals surface area (Å²) < 4.78 is 5.44. The Hall–Kier alpha value is -1.79. The van der Waals surface area contributed by atoms with Crippen LogP contribution >= 0.6 is 0 Å². The number of carbonyl (C=O) groups is 3. The van der Waals surface area contributed by atoms with Gasteiger partial charge in [-0.05, 0) is 58.8 Å². The van der Waals surface area contributed by atoms with E-state index in [0.29, 0.717) is 31.8 Å². The lowest BCUT2D eigenvalue weighted by Gasteiger charge is -2.38. The van der Waals surface area contributed by atoms with Gasteiger partial charge in [-0.2, -0.15) is 0 Å². The number of piperidine rings is 1. The minimum Gasteiger partial charge on any atom is -0.480 e. The molecule has 3 fully saturated rings. The maximum atomic E-state index is 13.3. The second-order valence-corrected chi connectivity index (χ2v) is 9.21. The fourth-order valence-corrected chi connectivity index (χ4v) is 4.88. The predicted molar refractivity (Wildman–Crippen MR) is 99.2 cm³/mol. The summed E-state index contributed by atoms with van der Waals surface area (Å²) in [6.07, 6.45) is 5.65. The number of fused-ring (bicyclic) bond motifs is 1. The van der Waals surface area contributed by atoms with Gasteiger partial charge in [-0.25, -0.2) is 9.59 Å². The number of ether oxygens (including phenoxy) is 1. The second kappa shape index (κ2) is 7.68. The molecular formula is C20H32N2O5. The van der Waals surface area contributed by atoms with Crippen molar-refractivity contribution in [1.29, 1.82) is 0 Å². The number of hydrogen-bond acceptors (Lipinski definition) is 4. The van der Waals surface area contributed by atoms with E-state index >= 15 is 0 Å². The van der Waals surface area contributed by atoms with Gasteiger partial charge in [0.15, 0.2) is 0 Å². The second-order valence-electron chi connectivity index (χ2n) is 9.21. The van der Waals surface area contributed by atoms with Gasteiger partial charge in [0.2, 0.25) is 5.91 Å². The molecule has 0 spiro atoms. The third-order valence-corrected chi connectivity index (χ3v) is 6.05. The minimum absolute atomic E-state index is 0.0456. The summed E-state index contributed by atoms with van der Waals surface area (Å²) in [5.41, 5.74) is -0.577. The molecule has 3 rings (SSSR count). The van der Waals surface area contributed by atoms with E-state index in [1.54, 1.807) is 9.80 Å². The van der Waals surface area contributed by atoms with Gasteiger partial charge < -0.3 is 19.6 Å². The van der Waals surface area contributed by atoms with Crippen LogP contribution in [0.4, 0.5) is 4.79 Å². The highest BCUT2D eigenvalue weighted by atomic mass is 16.6. The highest BCUT2D eigenvalue weighted by molar-refractivity contribution is 5.86. The summed E-state index contributed by atoms with van der Waals surface area (Å²) in [6, 6.07) is -0.674. The zero-order chi connectivity index (χ0) is 19.8. The highest BCUT2D eigenvalue weighted by Crippen LogP contribution is 2.41. The molecular weight excluding hydrogens is 348 g/mol. The molecule has 2 amide bonds. The lowest BCUT2D eigenvalue weighted by molar-refractivity contribution is -0.152. The Labute approximate surface area is 161 Å². The molecule has 0 bridgehead atoms. The zero-order valence-corrected chi connectivity index (χ0v) is 16.6. The molecule has 152 valence electrons. The average molecular weight is 380 g/mol. The number of nitrogens with zero attached hydrogens (tertiary/aromatic N) is 2. The smallest absolute Gasteiger partial charge is 0.410 e. The van der Waals surface area contributed by atoms with Gasteiger partial charge in [-0.15, -0.1) is 0 Å². The average Bonchev–Trinajstić information content (AvgIpc) is 2.99. The van der Waals surface area contributed by atoms with E-state index in [2.05, 4.69) is 0 Å². The molecule has 0 aromatic heterocycles. The molecule has 1 saturated carbocycles. The molecule has 1 N–H and O–H groups in total. The number of carboxylic acid groups (broad SMARTS) is 1. The fourth-order valence-electron chi connectivity index (χ4n) is 4.88. The van der Waals surface area contributed by atoms with Crippen LogP contribution in [0.2, 0.25) is 0 Å². The maximum Gasteiger partial charge on any atom is 0.410 e. The molecule has 2 heterocycles. The maximum absolute atomic E-state index is 13.3. The molecule has 0 aromatic rings. The van der Waals surface area contributed by atoms with Gasteiger partial charge in [0, 0.05) is 19.1 Å². The van der Waals surface area contributed by atoms with Gasteiger partial charge in [0.25, 0.3) is 0 Å². The van der Waals surface area contributed by atoms with Crippen LogP contribution in [0, 0.1) is 11.8 Å². The summed E-state index contributed by atoms with van der Waals surface area (Å²) >= 11 is 0. The normalized spacial score (nSPS) is 31.4. The van der Waals surface area contributed by atoms with Crippen molar-refractivity contribution in [2.45, 2.75) is 83.4 Å². The number of aliphatic carboxylic acids is 1. The molecule has 7 nitrogen and oxygen atoms in total. The Morgan fingerprint density at radius 2 is 1.74 bits per heavy atom. The summed E-state index contributed by atoms with van der Waals surface area (Å²) in [6.45, 7) is 6.36. The first-order chi connectivity index (χ1) is 12.7. The van der Waals surface area contributed by atoms with Gasteiger partial charge in [0.05, 0.1) is 5.92 Å². The van der Waals surface area contributed by atoms with Gasteiger partial charge in [-0.1, -0.05) is 12.8 Å². The number of amides is 2. The van der Waals surface area contributed by atoms with Crippen LogP contribution in [0.5, 0.6) is 0 Å². The summed E-state index contributed by atoms with van der Waals surface area (Å²) in [4.78, 5) is 40.8. The van der Waals surface area contributed by atoms with Crippen molar-refractivity contribution < 1.29 is 24.2 Å². The molecule has 27 heavy (non-hydrogen) atoms. The predicted octanol–water partition coefficient (Wildman–Crippen LogP) is 2.88. The van der Waals surface area contributed by atoms with E-state index in [0.717, 1.165) is 32.1 Å². The molecule has 2 saturated heterocycles. The summed E-state index contributed by atoms with van der Waals surface area (Å²) in [5, 5.41) is 9.67. The quantitative estimate of drug-likeness (QED) is 0.796. The Kier molecular flexibility index (Phi) is 5.68. The Bertz CT molecular complexity index is 600. The monoisotopic (exact) mass is 380 g/mol. The third-order valence-electron chi connectivity index (χ3n) is 6.05. The standard InChI is InChI=1S/C20H32N2O5/c1-20(2,3)27-19(26)21-10-6-8-14(12-21)17(23)22-15-9-5-4-7-13(15)11-16(22)18(24)25/h13-16H,4-12H2,1-3H3,(H,24,25). The Morgan fingerprint density at radius 3 is 2.41 bits per heavy atom. The van der Waals surface area contributed by atoms with Crippen LogP contribution in [0.15, 0.2) is 0 Å². The van der Waals surface area contributed by atoms with Crippen molar-refractivity contribution in [3.8, 4) is 0 Å². The molecule has 0 aromatic carbocycles. The van der Waals surface area contributed by atoms with E-state index in [4.69, 9.17) is 4.74 Å². The van der Waals surface area contributed by atoms with Crippen LogP contribution in [0.3, 0.4) is 0 Å². The minimum atomic E-state index is -0.905. The number of carbonyl (C=O) groups excluding carboxylic acids is 2. The van der Waals surface area contributed by atoms with Gasteiger partial charge >= 0.3 is 12.1 Å². The van der Waals surface area contributed by atoms with E-state index in [1.807, 2.05) is 20.8 Å². The van der Waals surface area contributed by atoms with Crippen molar-refractivity contribution in [3.05, 3.63) is 0 Å². The van der Waals surface area contributed by atoms with Crippen molar-refractivity contribution in [2.24, 2.45) is 11.8 Å². The fraction of sp³-hybridized carbons (Fsp3) is 0.850. The number of rotatable bonds is 2. The molecule has 2 aliphatic heterocycles. The number of hydrogen-bond donors (Lipinski definition) is 1. The topological polar surface area (TPSA) is 87.2 Å². The SMILES string of the molecule is CC(C)(C)OC(=O)N1CCCC(C(=O)N2C(C(=O)O)CC3CCCCC32)C1. The number of carboxylic acids is 1. The van der Waals surface area contributed by atoms with Crippen molar-refractivity contribution in [2.75, 3.05) is 13.1 Å². The molecule has 3 aliphatic rings. The summed E-state index contributed by atoms with van der Waals surface area (Å²) in [5.74, 6) is -1.04. The molecule has 1 aliphatic carbocycles. The van der Waals surface area contributed by atoms with E-state index in [1.165, 1.54) is 0 Å². The first-order valence-electron chi connectivity index (χ1n) is 10.2. The first-order valence-corrected chi connectivity index (χ1v) is 10.2. The van der Waals surface area contributed by atoms with Gasteiger partial charge in [-0.3, -0.25) is 4.79 Å². The van der Waals surface area contributed by atoms with E-state index in [-0.39, 0.29) is 17.9 Å². The van der Waals surface area contributed by atoms with Crippen molar-refractivity contribution in [3.63, 3.8) is 0 Å². The molecule has 4 unspecified atom stereocenters. The van der Waals surface area contributed by atoms with Crippen LogP contribution in [0.1, 0.15) is 65.7 Å². The van der Waals surface area contributed by atoms with Crippen molar-refractivity contribution >= 4 is 18.0 Å².